The predicted molar refractivity (Wildman–Crippen MR) is 67.8 cm³/mol. The van der Waals surface area contributed by atoms with E-state index in [1.165, 1.54) is 6.33 Å². The van der Waals surface area contributed by atoms with Gasteiger partial charge in [0.15, 0.2) is 0 Å². The topological polar surface area (TPSA) is 38.7 Å². The molecule has 0 unspecified atom stereocenters. The van der Waals surface area contributed by atoms with Crippen molar-refractivity contribution >= 4 is 22.5 Å². The second-order valence-electron chi connectivity index (χ2n) is 3.61. The van der Waals surface area contributed by atoms with Gasteiger partial charge in [0.2, 0.25) is 0 Å². The van der Waals surface area contributed by atoms with Crippen LogP contribution in [0.25, 0.3) is 22.2 Å². The van der Waals surface area contributed by atoms with Crippen LogP contribution in [0.3, 0.4) is 0 Å². The summed E-state index contributed by atoms with van der Waals surface area (Å²) in [6.45, 7) is 0. The molecular formula is C13H8ClN3. The summed E-state index contributed by atoms with van der Waals surface area (Å²) >= 11 is 5.87. The summed E-state index contributed by atoms with van der Waals surface area (Å²) in [6, 6.07) is 11.7. The van der Waals surface area contributed by atoms with E-state index < -0.39 is 0 Å². The van der Waals surface area contributed by atoms with Gasteiger partial charge in [-0.1, -0.05) is 35.9 Å². The number of rotatable bonds is 1. The highest BCUT2D eigenvalue weighted by Gasteiger charge is 2.06. The fraction of sp³-hybridized carbons (Fsp3) is 0. The highest BCUT2D eigenvalue weighted by Crippen LogP contribution is 2.25. The summed E-state index contributed by atoms with van der Waals surface area (Å²) in [5, 5.41) is 1.52. The first-order valence-corrected chi connectivity index (χ1v) is 5.54. The molecule has 3 aromatic rings. The van der Waals surface area contributed by atoms with Crippen LogP contribution in [0.5, 0.6) is 0 Å². The van der Waals surface area contributed by atoms with Crippen LogP contribution >= 0.6 is 11.6 Å². The molecule has 0 radical (unpaired) electrons. The van der Waals surface area contributed by atoms with Crippen LogP contribution in [-0.2, 0) is 0 Å². The molecule has 0 aliphatic heterocycles. The van der Waals surface area contributed by atoms with Gasteiger partial charge in [-0.05, 0) is 6.07 Å². The van der Waals surface area contributed by atoms with Crippen molar-refractivity contribution in [2.45, 2.75) is 0 Å². The van der Waals surface area contributed by atoms with Crippen molar-refractivity contribution in [2.75, 3.05) is 0 Å². The Labute approximate surface area is 103 Å². The Kier molecular flexibility index (Phi) is 2.46. The molecule has 82 valence electrons. The van der Waals surface area contributed by atoms with E-state index >= 15 is 0 Å². The average Bonchev–Trinajstić information content (AvgIpc) is 2.38. The Morgan fingerprint density at radius 3 is 2.71 bits per heavy atom. The van der Waals surface area contributed by atoms with Gasteiger partial charge in [-0.3, -0.25) is 4.98 Å². The molecule has 1 aromatic carbocycles. The minimum Gasteiger partial charge on any atom is -0.256 e. The SMILES string of the molecule is Clc1cc(-c2cccc3cccnc23)ncn1. The van der Waals surface area contributed by atoms with Gasteiger partial charge in [0, 0.05) is 23.2 Å². The van der Waals surface area contributed by atoms with E-state index in [1.807, 2.05) is 30.3 Å². The van der Waals surface area contributed by atoms with Crippen LogP contribution in [0.4, 0.5) is 0 Å². The van der Waals surface area contributed by atoms with E-state index in [9.17, 15) is 0 Å². The number of nitrogens with zero attached hydrogens (tertiary/aromatic N) is 3. The first-order chi connectivity index (χ1) is 8.34. The Morgan fingerprint density at radius 1 is 0.941 bits per heavy atom. The van der Waals surface area contributed by atoms with E-state index in [0.717, 1.165) is 22.2 Å². The number of pyridine rings is 1. The van der Waals surface area contributed by atoms with Crippen LogP contribution in [0, 0.1) is 0 Å². The van der Waals surface area contributed by atoms with E-state index in [1.54, 1.807) is 12.3 Å². The molecule has 0 spiro atoms. The largest absolute Gasteiger partial charge is 0.256 e. The highest BCUT2D eigenvalue weighted by atomic mass is 35.5. The standard InChI is InChI=1S/C13H8ClN3/c14-12-7-11(16-8-17-12)10-5-1-3-9-4-2-6-15-13(9)10/h1-8H. The number of halogens is 1. The van der Waals surface area contributed by atoms with Crippen molar-refractivity contribution in [3.63, 3.8) is 0 Å². The minimum atomic E-state index is 0.433. The molecule has 17 heavy (non-hydrogen) atoms. The lowest BCUT2D eigenvalue weighted by molar-refractivity contribution is 1.17. The van der Waals surface area contributed by atoms with E-state index in [-0.39, 0.29) is 0 Å². The fourth-order valence-electron chi connectivity index (χ4n) is 1.79. The lowest BCUT2D eigenvalue weighted by Crippen LogP contribution is -1.88. The Hall–Kier alpha value is -2.00. The van der Waals surface area contributed by atoms with Crippen molar-refractivity contribution < 1.29 is 0 Å². The van der Waals surface area contributed by atoms with Crippen LogP contribution in [0.15, 0.2) is 48.9 Å². The summed E-state index contributed by atoms with van der Waals surface area (Å²) < 4.78 is 0. The van der Waals surface area contributed by atoms with E-state index in [0.29, 0.717) is 5.15 Å². The summed E-state index contributed by atoms with van der Waals surface area (Å²) in [6.07, 6.45) is 3.23. The molecule has 3 rings (SSSR count). The number of para-hydroxylation sites is 1. The molecular weight excluding hydrogens is 234 g/mol. The molecule has 0 amide bonds. The molecule has 0 aliphatic carbocycles. The zero-order valence-corrected chi connectivity index (χ0v) is 9.59. The van der Waals surface area contributed by atoms with Crippen molar-refractivity contribution in [3.05, 3.63) is 54.1 Å². The molecule has 3 nitrogen and oxygen atoms in total. The summed E-state index contributed by atoms with van der Waals surface area (Å²) in [5.41, 5.74) is 2.67. The van der Waals surface area contributed by atoms with Gasteiger partial charge >= 0.3 is 0 Å². The van der Waals surface area contributed by atoms with Crippen molar-refractivity contribution in [2.24, 2.45) is 0 Å². The number of fused-ring (bicyclic) bond motifs is 1. The Balaban J connectivity index is 2.30. The number of benzene rings is 1. The van der Waals surface area contributed by atoms with Crippen LogP contribution in [0.2, 0.25) is 5.15 Å². The number of hydrogen-bond donors (Lipinski definition) is 0. The number of hydrogen-bond acceptors (Lipinski definition) is 3. The van der Waals surface area contributed by atoms with E-state index in [2.05, 4.69) is 15.0 Å². The first kappa shape index (κ1) is 10.2. The lowest BCUT2D eigenvalue weighted by Gasteiger charge is -2.04. The fourth-order valence-corrected chi connectivity index (χ4v) is 1.94. The van der Waals surface area contributed by atoms with E-state index in [4.69, 9.17) is 11.6 Å². The van der Waals surface area contributed by atoms with Gasteiger partial charge in [0.05, 0.1) is 11.2 Å². The summed E-state index contributed by atoms with van der Waals surface area (Å²) in [5.74, 6) is 0. The quantitative estimate of drug-likeness (QED) is 0.614. The average molecular weight is 242 g/mol. The Morgan fingerprint density at radius 2 is 1.82 bits per heavy atom. The van der Waals surface area contributed by atoms with Crippen LogP contribution < -0.4 is 0 Å². The van der Waals surface area contributed by atoms with Gasteiger partial charge in [0.1, 0.15) is 11.5 Å². The van der Waals surface area contributed by atoms with Gasteiger partial charge in [-0.2, -0.15) is 0 Å². The molecule has 0 N–H and O–H groups in total. The molecule has 0 atom stereocenters. The van der Waals surface area contributed by atoms with Crippen LogP contribution in [0.1, 0.15) is 0 Å². The molecule has 0 aliphatic rings. The van der Waals surface area contributed by atoms with Crippen LogP contribution in [-0.4, -0.2) is 15.0 Å². The monoisotopic (exact) mass is 241 g/mol. The van der Waals surface area contributed by atoms with Gasteiger partial charge < -0.3 is 0 Å². The molecule has 0 saturated heterocycles. The molecule has 0 fully saturated rings. The summed E-state index contributed by atoms with van der Waals surface area (Å²) in [4.78, 5) is 12.5. The zero-order valence-electron chi connectivity index (χ0n) is 8.84. The first-order valence-electron chi connectivity index (χ1n) is 5.16. The van der Waals surface area contributed by atoms with Gasteiger partial charge in [-0.25, -0.2) is 9.97 Å². The van der Waals surface area contributed by atoms with Crippen molar-refractivity contribution in [3.8, 4) is 11.3 Å². The highest BCUT2D eigenvalue weighted by molar-refractivity contribution is 6.29. The second-order valence-corrected chi connectivity index (χ2v) is 3.99. The maximum atomic E-state index is 5.87. The molecule has 4 heteroatoms. The Bertz CT molecular complexity index is 677. The number of aromatic nitrogens is 3. The van der Waals surface area contributed by atoms with Gasteiger partial charge in [-0.15, -0.1) is 0 Å². The smallest absolute Gasteiger partial charge is 0.133 e. The molecule has 0 bridgehead atoms. The lowest BCUT2D eigenvalue weighted by atomic mass is 10.1. The molecule has 0 saturated carbocycles. The van der Waals surface area contributed by atoms with Gasteiger partial charge in [0.25, 0.3) is 0 Å². The minimum absolute atomic E-state index is 0.433. The predicted octanol–water partition coefficient (Wildman–Crippen LogP) is 3.35. The maximum absolute atomic E-state index is 5.87. The third kappa shape index (κ3) is 1.85. The third-order valence-corrected chi connectivity index (χ3v) is 2.75. The maximum Gasteiger partial charge on any atom is 0.133 e. The summed E-state index contributed by atoms with van der Waals surface area (Å²) in [7, 11) is 0. The van der Waals surface area contributed by atoms with Crippen molar-refractivity contribution in [1.29, 1.82) is 0 Å². The molecule has 2 heterocycles. The second kappa shape index (κ2) is 4.11. The van der Waals surface area contributed by atoms with Crippen molar-refractivity contribution in [1.82, 2.24) is 15.0 Å². The normalized spacial score (nSPS) is 10.6. The third-order valence-electron chi connectivity index (χ3n) is 2.54. The zero-order chi connectivity index (χ0) is 11.7. The molecule has 2 aromatic heterocycles.